The molecule has 208 valence electrons. The highest BCUT2D eigenvalue weighted by Crippen LogP contribution is 2.39. The monoisotopic (exact) mass is 528 g/mol. The van der Waals surface area contributed by atoms with Crippen LogP contribution in [0.1, 0.15) is 87.9 Å². The lowest BCUT2D eigenvalue weighted by atomic mass is 9.78. The summed E-state index contributed by atoms with van der Waals surface area (Å²) in [5.41, 5.74) is 11.7. The van der Waals surface area contributed by atoms with E-state index in [9.17, 15) is 4.79 Å². The minimum atomic E-state index is -0.178. The van der Waals surface area contributed by atoms with Crippen LogP contribution in [-0.2, 0) is 4.79 Å². The summed E-state index contributed by atoms with van der Waals surface area (Å²) in [5, 5.41) is 4.42. The average molecular weight is 529 g/mol. The van der Waals surface area contributed by atoms with Gasteiger partial charge in [0.25, 0.3) is 0 Å². The van der Waals surface area contributed by atoms with Gasteiger partial charge in [-0.2, -0.15) is 5.10 Å². The van der Waals surface area contributed by atoms with Crippen LogP contribution in [-0.4, -0.2) is 29.3 Å². The SMILES string of the molecule is COc1ccc(C2CCC(CN(C(=O)C3CCCCC3)c3cccc(-c4cnn(C(C)N)c4)c3)CC2)cc1C. The first-order valence-electron chi connectivity index (χ1n) is 14.8. The molecule has 5 rings (SSSR count). The minimum absolute atomic E-state index is 0.141. The lowest BCUT2D eigenvalue weighted by molar-refractivity contribution is -0.123. The summed E-state index contributed by atoms with van der Waals surface area (Å²) in [7, 11) is 1.73. The van der Waals surface area contributed by atoms with Gasteiger partial charge in [-0.15, -0.1) is 0 Å². The number of rotatable bonds is 8. The summed E-state index contributed by atoms with van der Waals surface area (Å²) in [6.45, 7) is 4.84. The van der Waals surface area contributed by atoms with Gasteiger partial charge in [-0.3, -0.25) is 9.48 Å². The van der Waals surface area contributed by atoms with Crippen LogP contribution in [0.15, 0.2) is 54.9 Å². The highest BCUT2D eigenvalue weighted by molar-refractivity contribution is 5.95. The molecule has 1 heterocycles. The summed E-state index contributed by atoms with van der Waals surface area (Å²) >= 11 is 0. The molecular weight excluding hydrogens is 484 g/mol. The molecule has 0 radical (unpaired) electrons. The highest BCUT2D eigenvalue weighted by atomic mass is 16.5. The molecule has 0 bridgehead atoms. The summed E-state index contributed by atoms with van der Waals surface area (Å²) < 4.78 is 7.24. The van der Waals surface area contributed by atoms with E-state index in [1.54, 1.807) is 11.8 Å². The van der Waals surface area contributed by atoms with E-state index in [4.69, 9.17) is 10.5 Å². The van der Waals surface area contributed by atoms with Gasteiger partial charge < -0.3 is 15.4 Å². The van der Waals surface area contributed by atoms with Gasteiger partial charge in [0.15, 0.2) is 0 Å². The van der Waals surface area contributed by atoms with Gasteiger partial charge in [-0.1, -0.05) is 43.5 Å². The van der Waals surface area contributed by atoms with E-state index in [2.05, 4.69) is 59.4 Å². The van der Waals surface area contributed by atoms with E-state index >= 15 is 0 Å². The third-order valence-corrected chi connectivity index (χ3v) is 8.91. The Balaban J connectivity index is 1.33. The van der Waals surface area contributed by atoms with Crippen molar-refractivity contribution in [2.24, 2.45) is 17.6 Å². The van der Waals surface area contributed by atoms with Crippen LogP contribution in [0.25, 0.3) is 11.1 Å². The molecule has 2 aliphatic carbocycles. The molecule has 1 atom stereocenters. The number of benzene rings is 2. The van der Waals surface area contributed by atoms with Crippen LogP contribution in [0.5, 0.6) is 5.75 Å². The van der Waals surface area contributed by atoms with E-state index in [1.807, 2.05) is 19.3 Å². The lowest BCUT2D eigenvalue weighted by Crippen LogP contribution is -2.41. The number of aromatic nitrogens is 2. The molecular formula is C33H44N4O2. The molecule has 6 nitrogen and oxygen atoms in total. The largest absolute Gasteiger partial charge is 0.496 e. The second-order valence-electron chi connectivity index (χ2n) is 11.7. The second kappa shape index (κ2) is 12.4. The predicted molar refractivity (Wildman–Crippen MR) is 158 cm³/mol. The van der Waals surface area contributed by atoms with Crippen molar-refractivity contribution in [2.45, 2.75) is 83.7 Å². The van der Waals surface area contributed by atoms with E-state index in [1.165, 1.54) is 30.4 Å². The van der Waals surface area contributed by atoms with Crippen molar-refractivity contribution in [3.63, 3.8) is 0 Å². The van der Waals surface area contributed by atoms with E-state index in [-0.39, 0.29) is 12.1 Å². The summed E-state index contributed by atoms with van der Waals surface area (Å²) in [6.07, 6.45) is 13.9. The Hall–Kier alpha value is -3.12. The number of nitrogens with zero attached hydrogens (tertiary/aromatic N) is 3. The molecule has 0 saturated heterocycles. The Morgan fingerprint density at radius 1 is 1.05 bits per heavy atom. The Morgan fingerprint density at radius 3 is 2.49 bits per heavy atom. The maximum atomic E-state index is 14.0. The third-order valence-electron chi connectivity index (χ3n) is 8.91. The molecule has 2 aromatic carbocycles. The number of amides is 1. The first-order chi connectivity index (χ1) is 18.9. The quantitative estimate of drug-likeness (QED) is 0.335. The number of ether oxygens (including phenoxy) is 1. The first kappa shape index (κ1) is 27.4. The van der Waals surface area contributed by atoms with Gasteiger partial charge >= 0.3 is 0 Å². The summed E-state index contributed by atoms with van der Waals surface area (Å²) in [6, 6.07) is 15.1. The number of aryl methyl sites for hydroxylation is 1. The predicted octanol–water partition coefficient (Wildman–Crippen LogP) is 7.23. The molecule has 1 aromatic heterocycles. The topological polar surface area (TPSA) is 73.4 Å². The molecule has 2 aliphatic rings. The maximum Gasteiger partial charge on any atom is 0.230 e. The minimum Gasteiger partial charge on any atom is -0.496 e. The van der Waals surface area contributed by atoms with E-state index in [0.29, 0.717) is 17.7 Å². The molecule has 0 spiro atoms. The van der Waals surface area contributed by atoms with Gasteiger partial charge in [0, 0.05) is 29.9 Å². The van der Waals surface area contributed by atoms with Gasteiger partial charge in [-0.05, 0) is 99.1 Å². The first-order valence-corrected chi connectivity index (χ1v) is 14.8. The third kappa shape index (κ3) is 6.38. The Labute approximate surface area is 233 Å². The summed E-state index contributed by atoms with van der Waals surface area (Å²) in [5.74, 6) is 2.50. The molecule has 1 unspecified atom stereocenters. The standard InChI is InChI=1S/C33H44N4O2/c1-23-18-29(16-17-32(23)39-3)26-14-12-25(13-15-26)21-36(33(38)27-8-5-4-6-9-27)31-11-7-10-28(19-31)30-20-35-37(22-30)24(2)34/h7,10-11,16-20,22,24-27H,4-6,8-9,12-15,21,34H2,1-3H3. The van der Waals surface area contributed by atoms with Gasteiger partial charge in [-0.25, -0.2) is 0 Å². The number of anilines is 1. The molecule has 1 amide bonds. The van der Waals surface area contributed by atoms with Crippen LogP contribution in [0, 0.1) is 18.8 Å². The summed E-state index contributed by atoms with van der Waals surface area (Å²) in [4.78, 5) is 16.1. The number of hydrogen-bond acceptors (Lipinski definition) is 4. The zero-order valence-corrected chi connectivity index (χ0v) is 23.8. The van der Waals surface area contributed by atoms with E-state index in [0.717, 1.165) is 67.6 Å². The van der Waals surface area contributed by atoms with Crippen LogP contribution in [0.3, 0.4) is 0 Å². The zero-order valence-electron chi connectivity index (χ0n) is 23.8. The number of methoxy groups -OCH3 is 1. The lowest BCUT2D eigenvalue weighted by Gasteiger charge is -2.35. The van der Waals surface area contributed by atoms with Gasteiger partial charge in [0.2, 0.25) is 5.91 Å². The van der Waals surface area contributed by atoms with Crippen LogP contribution in [0.4, 0.5) is 5.69 Å². The van der Waals surface area contributed by atoms with Crippen molar-refractivity contribution in [1.29, 1.82) is 0 Å². The van der Waals surface area contributed by atoms with Crippen LogP contribution < -0.4 is 15.4 Å². The van der Waals surface area contributed by atoms with Crippen molar-refractivity contribution in [3.05, 3.63) is 66.0 Å². The number of nitrogens with two attached hydrogens (primary N) is 1. The van der Waals surface area contributed by atoms with Crippen molar-refractivity contribution in [1.82, 2.24) is 9.78 Å². The molecule has 2 fully saturated rings. The average Bonchev–Trinajstić information content (AvgIpc) is 3.48. The van der Waals surface area contributed by atoms with Crippen molar-refractivity contribution >= 4 is 11.6 Å². The second-order valence-corrected chi connectivity index (χ2v) is 11.7. The molecule has 2 N–H and O–H groups in total. The number of hydrogen-bond donors (Lipinski definition) is 1. The molecule has 6 heteroatoms. The molecule has 3 aromatic rings. The molecule has 39 heavy (non-hydrogen) atoms. The van der Waals surface area contributed by atoms with Crippen molar-refractivity contribution in [2.75, 3.05) is 18.6 Å². The fraction of sp³-hybridized carbons (Fsp3) is 0.515. The number of carbonyl (C=O) groups is 1. The Bertz CT molecular complexity index is 1250. The molecule has 2 saturated carbocycles. The highest BCUT2D eigenvalue weighted by Gasteiger charge is 2.31. The normalized spacial score (nSPS) is 20.9. The maximum absolute atomic E-state index is 14.0. The van der Waals surface area contributed by atoms with Crippen LogP contribution in [0.2, 0.25) is 0 Å². The van der Waals surface area contributed by atoms with Crippen molar-refractivity contribution < 1.29 is 9.53 Å². The van der Waals surface area contributed by atoms with Gasteiger partial charge in [0.05, 0.1) is 19.5 Å². The Kier molecular flexibility index (Phi) is 8.71. The fourth-order valence-electron chi connectivity index (χ4n) is 6.55. The van der Waals surface area contributed by atoms with Crippen molar-refractivity contribution in [3.8, 4) is 16.9 Å². The number of carbonyl (C=O) groups excluding carboxylic acids is 1. The zero-order chi connectivity index (χ0) is 27.4. The molecule has 0 aliphatic heterocycles. The smallest absolute Gasteiger partial charge is 0.230 e. The van der Waals surface area contributed by atoms with E-state index < -0.39 is 0 Å². The van der Waals surface area contributed by atoms with Gasteiger partial charge in [0.1, 0.15) is 5.75 Å². The fourth-order valence-corrected chi connectivity index (χ4v) is 6.55. The Morgan fingerprint density at radius 2 is 1.82 bits per heavy atom. The van der Waals surface area contributed by atoms with Crippen LogP contribution >= 0.6 is 0 Å².